The first-order chi connectivity index (χ1) is 8.22. The Bertz CT molecular complexity index is 365. The molecule has 0 spiro atoms. The molecular weight excluding hydrogens is 226 g/mol. The van der Waals surface area contributed by atoms with Gasteiger partial charge in [0.05, 0.1) is 11.5 Å². The van der Waals surface area contributed by atoms with E-state index in [0.717, 1.165) is 25.8 Å². The van der Waals surface area contributed by atoms with Gasteiger partial charge in [-0.3, -0.25) is 4.79 Å². The molecule has 1 saturated carbocycles. The van der Waals surface area contributed by atoms with E-state index in [-0.39, 0.29) is 22.8 Å². The molecule has 1 unspecified atom stereocenters. The molecule has 102 valence electrons. The Kier molecular flexibility index (Phi) is 3.30. The highest BCUT2D eigenvalue weighted by molar-refractivity contribution is 5.84. The summed E-state index contributed by atoms with van der Waals surface area (Å²) in [5, 5.41) is 9.89. The van der Waals surface area contributed by atoms with Crippen LogP contribution in [0, 0.1) is 10.8 Å². The van der Waals surface area contributed by atoms with Gasteiger partial charge in [-0.15, -0.1) is 0 Å². The Morgan fingerprint density at radius 3 is 2.56 bits per heavy atom. The molecule has 0 bridgehead atoms. The van der Waals surface area contributed by atoms with Gasteiger partial charge >= 0.3 is 0 Å². The van der Waals surface area contributed by atoms with Crippen molar-refractivity contribution in [2.24, 2.45) is 10.8 Å². The van der Waals surface area contributed by atoms with Crippen molar-refractivity contribution < 1.29 is 9.90 Å². The van der Waals surface area contributed by atoms with Crippen LogP contribution >= 0.6 is 0 Å². The summed E-state index contributed by atoms with van der Waals surface area (Å²) in [5.74, 6) is 0.247. The largest absolute Gasteiger partial charge is 0.393 e. The third-order valence-corrected chi connectivity index (χ3v) is 4.22. The third kappa shape index (κ3) is 2.61. The summed E-state index contributed by atoms with van der Waals surface area (Å²) in [4.78, 5) is 14.6. The second-order valence-corrected chi connectivity index (χ2v) is 7.20. The fourth-order valence-electron chi connectivity index (χ4n) is 3.46. The molecule has 1 amide bonds. The van der Waals surface area contributed by atoms with Crippen LogP contribution in [-0.2, 0) is 4.79 Å². The van der Waals surface area contributed by atoms with E-state index >= 15 is 0 Å². The fourth-order valence-corrected chi connectivity index (χ4v) is 3.46. The maximum absolute atomic E-state index is 12.6. The van der Waals surface area contributed by atoms with Gasteiger partial charge in [-0.05, 0) is 31.1 Å². The summed E-state index contributed by atoms with van der Waals surface area (Å²) >= 11 is 0. The number of aliphatic hydroxyl groups excluding tert-OH is 1. The molecule has 1 atom stereocenters. The molecule has 1 N–H and O–H groups in total. The smallest absolute Gasteiger partial charge is 0.229 e. The number of likely N-dealkylation sites (tertiary alicyclic amines) is 1. The van der Waals surface area contributed by atoms with Crippen LogP contribution in [0.4, 0.5) is 0 Å². The lowest BCUT2D eigenvalue weighted by Crippen LogP contribution is -2.49. The lowest BCUT2D eigenvalue weighted by Gasteiger charge is -2.43. The highest BCUT2D eigenvalue weighted by Crippen LogP contribution is 2.46. The molecule has 2 fully saturated rings. The van der Waals surface area contributed by atoms with E-state index in [1.54, 1.807) is 0 Å². The SMILES string of the molecule is C=C1CC(C)(C(=O)N2CCC(O)CC(C)(C)C2)C1. The van der Waals surface area contributed by atoms with E-state index in [1.165, 1.54) is 5.57 Å². The highest BCUT2D eigenvalue weighted by Gasteiger charge is 2.45. The molecule has 3 heteroatoms. The van der Waals surface area contributed by atoms with Crippen molar-refractivity contribution in [2.45, 2.75) is 52.6 Å². The predicted molar refractivity (Wildman–Crippen MR) is 72.1 cm³/mol. The number of nitrogens with zero attached hydrogens (tertiary/aromatic N) is 1. The van der Waals surface area contributed by atoms with Crippen molar-refractivity contribution in [2.75, 3.05) is 13.1 Å². The highest BCUT2D eigenvalue weighted by atomic mass is 16.3. The minimum absolute atomic E-state index is 0.00267. The summed E-state index contributed by atoms with van der Waals surface area (Å²) < 4.78 is 0. The van der Waals surface area contributed by atoms with E-state index in [1.807, 2.05) is 11.8 Å². The van der Waals surface area contributed by atoms with Crippen LogP contribution in [0.1, 0.15) is 46.5 Å². The van der Waals surface area contributed by atoms with Crippen molar-refractivity contribution in [3.8, 4) is 0 Å². The van der Waals surface area contributed by atoms with E-state index in [0.29, 0.717) is 13.0 Å². The molecule has 2 rings (SSSR count). The number of carbonyl (C=O) groups excluding carboxylic acids is 1. The quantitative estimate of drug-likeness (QED) is 0.727. The van der Waals surface area contributed by atoms with E-state index in [2.05, 4.69) is 20.4 Å². The molecule has 3 nitrogen and oxygen atoms in total. The second-order valence-electron chi connectivity index (χ2n) is 7.20. The monoisotopic (exact) mass is 251 g/mol. The Hall–Kier alpha value is -0.830. The molecule has 1 saturated heterocycles. The average Bonchev–Trinajstić information content (AvgIpc) is 2.32. The number of rotatable bonds is 1. The number of hydrogen-bond acceptors (Lipinski definition) is 2. The Labute approximate surface area is 110 Å². The molecule has 1 aliphatic heterocycles. The lowest BCUT2D eigenvalue weighted by molar-refractivity contribution is -0.144. The van der Waals surface area contributed by atoms with Gasteiger partial charge in [0, 0.05) is 13.1 Å². The second kappa shape index (κ2) is 4.37. The summed E-state index contributed by atoms with van der Waals surface area (Å²) in [7, 11) is 0. The molecule has 1 heterocycles. The van der Waals surface area contributed by atoms with Crippen LogP contribution in [0.3, 0.4) is 0 Å². The van der Waals surface area contributed by atoms with Crippen LogP contribution in [0.15, 0.2) is 12.2 Å². The fraction of sp³-hybridized carbons (Fsp3) is 0.800. The van der Waals surface area contributed by atoms with E-state index in [9.17, 15) is 9.90 Å². The lowest BCUT2D eigenvalue weighted by atomic mass is 9.66. The topological polar surface area (TPSA) is 40.5 Å². The minimum Gasteiger partial charge on any atom is -0.393 e. The van der Waals surface area contributed by atoms with Crippen molar-refractivity contribution in [3.05, 3.63) is 12.2 Å². The van der Waals surface area contributed by atoms with Gasteiger partial charge in [0.2, 0.25) is 5.91 Å². The van der Waals surface area contributed by atoms with Crippen LogP contribution in [-0.4, -0.2) is 35.1 Å². The molecule has 0 aromatic heterocycles. The standard InChI is InChI=1S/C15H25NO2/c1-11-7-15(4,8-11)13(18)16-6-5-12(17)9-14(2,3)10-16/h12,17H,1,5-10H2,2-4H3. The predicted octanol–water partition coefficient (Wildman–Crippen LogP) is 2.35. The average molecular weight is 251 g/mol. The zero-order valence-corrected chi connectivity index (χ0v) is 11.8. The van der Waals surface area contributed by atoms with Gasteiger partial charge in [-0.25, -0.2) is 0 Å². The zero-order chi connectivity index (χ0) is 13.6. The number of allylic oxidation sites excluding steroid dienone is 1. The first kappa shape index (κ1) is 13.6. The number of hydrogen-bond donors (Lipinski definition) is 1. The molecule has 0 aromatic rings. The molecule has 0 radical (unpaired) electrons. The third-order valence-electron chi connectivity index (χ3n) is 4.22. The number of carbonyl (C=O) groups is 1. The Morgan fingerprint density at radius 1 is 1.39 bits per heavy atom. The first-order valence-corrected chi connectivity index (χ1v) is 6.86. The molecular formula is C15H25NO2. The van der Waals surface area contributed by atoms with Crippen molar-refractivity contribution in [1.82, 2.24) is 4.90 Å². The maximum atomic E-state index is 12.6. The minimum atomic E-state index is -0.276. The van der Waals surface area contributed by atoms with Crippen LogP contribution in [0.5, 0.6) is 0 Å². The van der Waals surface area contributed by atoms with Crippen molar-refractivity contribution in [3.63, 3.8) is 0 Å². The van der Waals surface area contributed by atoms with E-state index in [4.69, 9.17) is 0 Å². The molecule has 1 aliphatic carbocycles. The Morgan fingerprint density at radius 2 is 2.00 bits per heavy atom. The summed E-state index contributed by atoms with van der Waals surface area (Å²) in [6, 6.07) is 0. The molecule has 2 aliphatic rings. The number of aliphatic hydroxyl groups is 1. The van der Waals surface area contributed by atoms with Crippen LogP contribution in [0.2, 0.25) is 0 Å². The first-order valence-electron chi connectivity index (χ1n) is 6.86. The summed E-state index contributed by atoms with van der Waals surface area (Å²) in [5.41, 5.74) is 0.950. The maximum Gasteiger partial charge on any atom is 0.229 e. The normalized spacial score (nSPS) is 30.6. The summed E-state index contributed by atoms with van der Waals surface area (Å²) in [6.45, 7) is 11.7. The van der Waals surface area contributed by atoms with Gasteiger partial charge in [0.1, 0.15) is 0 Å². The van der Waals surface area contributed by atoms with Gasteiger partial charge in [-0.1, -0.05) is 32.9 Å². The molecule has 0 aromatic carbocycles. The zero-order valence-electron chi connectivity index (χ0n) is 11.8. The van der Waals surface area contributed by atoms with Gasteiger partial charge < -0.3 is 10.0 Å². The van der Waals surface area contributed by atoms with E-state index < -0.39 is 0 Å². The van der Waals surface area contributed by atoms with Crippen molar-refractivity contribution >= 4 is 5.91 Å². The van der Waals surface area contributed by atoms with Crippen molar-refractivity contribution in [1.29, 1.82) is 0 Å². The number of amides is 1. The van der Waals surface area contributed by atoms with Gasteiger partial charge in [0.15, 0.2) is 0 Å². The molecule has 18 heavy (non-hydrogen) atoms. The van der Waals surface area contributed by atoms with Crippen LogP contribution < -0.4 is 0 Å². The van der Waals surface area contributed by atoms with Gasteiger partial charge in [-0.2, -0.15) is 0 Å². The Balaban J connectivity index is 2.08. The van der Waals surface area contributed by atoms with Gasteiger partial charge in [0.25, 0.3) is 0 Å². The van der Waals surface area contributed by atoms with Crippen LogP contribution in [0.25, 0.3) is 0 Å². The summed E-state index contributed by atoms with van der Waals surface area (Å²) in [6.07, 6.45) is 2.85.